The molecule has 1 nitrogen and oxygen atoms in total. The van der Waals surface area contributed by atoms with E-state index in [9.17, 15) is 0 Å². The predicted octanol–water partition coefficient (Wildman–Crippen LogP) is 3.10. The zero-order valence-corrected chi connectivity index (χ0v) is 19.1. The van der Waals surface area contributed by atoms with Gasteiger partial charge in [0.15, 0.2) is 0 Å². The van der Waals surface area contributed by atoms with E-state index in [1.54, 1.807) is 16.7 Å². The quantitative estimate of drug-likeness (QED) is 0.611. The van der Waals surface area contributed by atoms with Crippen LogP contribution in [0.1, 0.15) is 76.0 Å². The van der Waals surface area contributed by atoms with Crippen molar-refractivity contribution < 1.29 is 0 Å². The predicted molar refractivity (Wildman–Crippen MR) is 89.6 cm³/mol. The van der Waals surface area contributed by atoms with Crippen molar-refractivity contribution in [1.82, 2.24) is 4.98 Å². The average Bonchev–Trinajstić information content (AvgIpc) is 2.42. The van der Waals surface area contributed by atoms with Crippen molar-refractivity contribution in [1.29, 1.82) is 0 Å². The normalized spacial score (nSPS) is 11.1. The second-order valence-corrected chi connectivity index (χ2v) is 8.34. The van der Waals surface area contributed by atoms with Crippen LogP contribution >= 0.6 is 0 Å². The monoisotopic (exact) mass is 369 g/mol. The van der Waals surface area contributed by atoms with E-state index < -0.39 is 0 Å². The van der Waals surface area contributed by atoms with Crippen LogP contribution in [0.2, 0.25) is 0 Å². The molecule has 1 rings (SSSR count). The molecule has 0 atom stereocenters. The van der Waals surface area contributed by atoms with E-state index in [4.69, 9.17) is 4.98 Å². The summed E-state index contributed by atoms with van der Waals surface area (Å²) < 4.78 is 1.47. The van der Waals surface area contributed by atoms with E-state index in [1.165, 1.54) is 61.5 Å². The van der Waals surface area contributed by atoms with Gasteiger partial charge in [-0.25, -0.2) is 0 Å². The second-order valence-electron chi connectivity index (χ2n) is 5.64. The molecule has 0 amide bonds. The number of nitrogens with zero attached hydrogens (tertiary/aromatic N) is 1. The Balaban J connectivity index is 3.00. The average molecular weight is 368 g/mol. The van der Waals surface area contributed by atoms with Crippen LogP contribution in [-0.2, 0) is 19.3 Å². The molecule has 1 aromatic heterocycles. The van der Waals surface area contributed by atoms with E-state index in [-0.39, 0.29) is 0 Å². The van der Waals surface area contributed by atoms with Crippen molar-refractivity contribution in [3.8, 4) is 0 Å². The van der Waals surface area contributed by atoms with Crippen LogP contribution in [-0.4, -0.2) is 27.5 Å². The first-order chi connectivity index (χ1) is 9.24. The SMILES string of the molecule is CCCCc1cn[c]([SnH3])c(CCCC)c1CCCC. The Kier molecular flexibility index (Phi) is 8.76. The Hall–Kier alpha value is -0.0513. The van der Waals surface area contributed by atoms with Gasteiger partial charge < -0.3 is 0 Å². The topological polar surface area (TPSA) is 12.9 Å². The molecule has 0 radical (unpaired) electrons. The number of pyridine rings is 1. The second kappa shape index (κ2) is 9.79. The molecule has 0 aliphatic heterocycles. The summed E-state index contributed by atoms with van der Waals surface area (Å²) >= 11 is 0.532. The van der Waals surface area contributed by atoms with Crippen LogP contribution in [0, 0.1) is 0 Å². The van der Waals surface area contributed by atoms with Crippen LogP contribution in [0.4, 0.5) is 0 Å². The fourth-order valence-electron chi connectivity index (χ4n) is 2.68. The van der Waals surface area contributed by atoms with Crippen LogP contribution < -0.4 is 3.71 Å². The summed E-state index contributed by atoms with van der Waals surface area (Å²) in [5.41, 5.74) is 4.89. The van der Waals surface area contributed by atoms with Gasteiger partial charge >= 0.3 is 133 Å². The first kappa shape index (κ1) is 17.0. The summed E-state index contributed by atoms with van der Waals surface area (Å²) in [6, 6.07) is 0. The molecule has 1 aromatic rings. The molecular weight excluding hydrogens is 337 g/mol. The van der Waals surface area contributed by atoms with Crippen molar-refractivity contribution in [2.24, 2.45) is 0 Å². The van der Waals surface area contributed by atoms with Gasteiger partial charge in [0, 0.05) is 0 Å². The molecule has 0 aliphatic rings. The molecule has 0 fully saturated rings. The molecule has 0 saturated heterocycles. The number of rotatable bonds is 9. The zero-order chi connectivity index (χ0) is 14.1. The summed E-state index contributed by atoms with van der Waals surface area (Å²) in [5, 5.41) is 0. The number of aromatic nitrogens is 1. The molecule has 0 bridgehead atoms. The molecule has 2 heteroatoms. The van der Waals surface area contributed by atoms with Crippen molar-refractivity contribution in [3.63, 3.8) is 0 Å². The van der Waals surface area contributed by atoms with Gasteiger partial charge in [-0.05, 0) is 0 Å². The standard InChI is InChI=1S/C17H28N.Sn.3H/c1-4-7-10-15-13-18-14-16(11-8-5-2)17(15)12-9-6-3;;;;/h13H,4-12H2,1-3H3;;;;. The third-order valence-corrected chi connectivity index (χ3v) is 6.42. The molecular formula is C17H31NSn. The fraction of sp³-hybridized carbons (Fsp3) is 0.706. The Morgan fingerprint density at radius 3 is 1.95 bits per heavy atom. The van der Waals surface area contributed by atoms with Crippen LogP contribution in [0.5, 0.6) is 0 Å². The first-order valence-corrected chi connectivity index (χ1v) is 11.1. The molecule has 0 spiro atoms. The van der Waals surface area contributed by atoms with Crippen LogP contribution in [0.25, 0.3) is 0 Å². The molecule has 19 heavy (non-hydrogen) atoms. The van der Waals surface area contributed by atoms with E-state index in [2.05, 4.69) is 27.0 Å². The van der Waals surface area contributed by atoms with E-state index in [0.29, 0.717) is 22.5 Å². The van der Waals surface area contributed by atoms with Gasteiger partial charge in [-0.2, -0.15) is 0 Å². The summed E-state index contributed by atoms with van der Waals surface area (Å²) in [4.78, 5) is 4.75. The van der Waals surface area contributed by atoms with E-state index >= 15 is 0 Å². The zero-order valence-electron chi connectivity index (χ0n) is 13.4. The maximum atomic E-state index is 4.75. The molecule has 1 heterocycles. The number of unbranched alkanes of at least 4 members (excludes halogenated alkanes) is 3. The van der Waals surface area contributed by atoms with E-state index in [1.807, 2.05) is 0 Å². The number of aryl methyl sites for hydroxylation is 1. The minimum atomic E-state index is 0.532. The summed E-state index contributed by atoms with van der Waals surface area (Å²) in [6.07, 6.45) is 13.8. The summed E-state index contributed by atoms with van der Waals surface area (Å²) in [6.45, 7) is 6.87. The van der Waals surface area contributed by atoms with Gasteiger partial charge in [0.05, 0.1) is 0 Å². The van der Waals surface area contributed by atoms with Crippen LogP contribution in [0.15, 0.2) is 6.20 Å². The first-order valence-electron chi connectivity index (χ1n) is 8.20. The molecule has 0 saturated carbocycles. The third-order valence-electron chi connectivity index (χ3n) is 3.96. The van der Waals surface area contributed by atoms with Gasteiger partial charge in [-0.1, -0.05) is 0 Å². The molecule has 0 aliphatic carbocycles. The fourth-order valence-corrected chi connectivity index (χ4v) is 4.62. The third kappa shape index (κ3) is 5.45. The van der Waals surface area contributed by atoms with Crippen molar-refractivity contribution in [2.45, 2.75) is 78.6 Å². The van der Waals surface area contributed by atoms with Gasteiger partial charge in [0.2, 0.25) is 0 Å². The Morgan fingerprint density at radius 2 is 1.37 bits per heavy atom. The van der Waals surface area contributed by atoms with Gasteiger partial charge in [-0.15, -0.1) is 0 Å². The van der Waals surface area contributed by atoms with Crippen molar-refractivity contribution in [2.75, 3.05) is 0 Å². The Bertz CT molecular complexity index is 374. The number of hydrogen-bond donors (Lipinski definition) is 0. The summed E-state index contributed by atoms with van der Waals surface area (Å²) in [7, 11) is 0. The maximum absolute atomic E-state index is 4.75. The van der Waals surface area contributed by atoms with Gasteiger partial charge in [-0.3, -0.25) is 0 Å². The van der Waals surface area contributed by atoms with E-state index in [0.717, 1.165) is 0 Å². The van der Waals surface area contributed by atoms with Crippen molar-refractivity contribution in [3.05, 3.63) is 22.9 Å². The molecule has 0 unspecified atom stereocenters. The Morgan fingerprint density at radius 1 is 0.842 bits per heavy atom. The Labute approximate surface area is 132 Å². The molecule has 0 N–H and O–H groups in total. The van der Waals surface area contributed by atoms with Gasteiger partial charge in [0.1, 0.15) is 0 Å². The molecule has 108 valence electrons. The minimum absolute atomic E-state index is 0.532. The molecule has 0 aromatic carbocycles. The summed E-state index contributed by atoms with van der Waals surface area (Å²) in [5.74, 6) is 0. The van der Waals surface area contributed by atoms with Crippen molar-refractivity contribution >= 4 is 26.2 Å². The number of hydrogen-bond acceptors (Lipinski definition) is 1. The van der Waals surface area contributed by atoms with Crippen LogP contribution in [0.3, 0.4) is 0 Å². The van der Waals surface area contributed by atoms with Gasteiger partial charge in [0.25, 0.3) is 0 Å².